The van der Waals surface area contributed by atoms with E-state index < -0.39 is 11.1 Å². The van der Waals surface area contributed by atoms with Crippen LogP contribution in [0.5, 0.6) is 5.75 Å². The molecule has 0 aliphatic rings. The molecule has 33 heavy (non-hydrogen) atoms. The van der Waals surface area contributed by atoms with Gasteiger partial charge in [-0.05, 0) is 42.8 Å². The Morgan fingerprint density at radius 1 is 0.848 bits per heavy atom. The minimum Gasteiger partial charge on any atom is -0.496 e. The summed E-state index contributed by atoms with van der Waals surface area (Å²) < 4.78 is 8.29. The summed E-state index contributed by atoms with van der Waals surface area (Å²) in [7, 11) is 1.60. The maximum absolute atomic E-state index is 12.8. The van der Waals surface area contributed by atoms with Crippen molar-refractivity contribution in [3.63, 3.8) is 0 Å². The molecule has 0 saturated carbocycles. The second-order valence-electron chi connectivity index (χ2n) is 7.62. The van der Waals surface area contributed by atoms with Gasteiger partial charge in [-0.3, -0.25) is 19.0 Å². The van der Waals surface area contributed by atoms with E-state index in [1.807, 2.05) is 55.5 Å². The van der Waals surface area contributed by atoms with Gasteiger partial charge in [0.15, 0.2) is 0 Å². The molecule has 1 aromatic heterocycles. The quantitative estimate of drug-likeness (QED) is 0.445. The van der Waals surface area contributed by atoms with E-state index in [1.54, 1.807) is 31.4 Å². The van der Waals surface area contributed by atoms with E-state index >= 15 is 0 Å². The molecule has 0 unspecified atom stereocenters. The molecule has 168 valence electrons. The Kier molecular flexibility index (Phi) is 6.40. The SMILES string of the molecule is CCn1c(=O)c(=O)n(Cc2ccc(C(=O)NCc3ccccc3OC)cc2)c2ccccc21. The lowest BCUT2D eigenvalue weighted by Gasteiger charge is -2.14. The molecule has 0 radical (unpaired) electrons. The molecule has 0 spiro atoms. The van der Waals surface area contributed by atoms with Crippen molar-refractivity contribution in [2.24, 2.45) is 0 Å². The number of fused-ring (bicyclic) bond motifs is 1. The van der Waals surface area contributed by atoms with Crippen molar-refractivity contribution >= 4 is 16.9 Å². The Morgan fingerprint density at radius 3 is 2.12 bits per heavy atom. The number of aryl methyl sites for hydroxylation is 1. The summed E-state index contributed by atoms with van der Waals surface area (Å²) in [6.07, 6.45) is 0. The second kappa shape index (κ2) is 9.56. The van der Waals surface area contributed by atoms with Crippen LogP contribution < -0.4 is 21.2 Å². The lowest BCUT2D eigenvalue weighted by atomic mass is 10.1. The highest BCUT2D eigenvalue weighted by Crippen LogP contribution is 2.17. The smallest absolute Gasteiger partial charge is 0.317 e. The molecule has 0 atom stereocenters. The van der Waals surface area contributed by atoms with Crippen molar-refractivity contribution in [3.8, 4) is 5.75 Å². The molecule has 0 saturated heterocycles. The number of carbonyl (C=O) groups excluding carboxylic acids is 1. The third-order valence-electron chi connectivity index (χ3n) is 5.64. The monoisotopic (exact) mass is 443 g/mol. The molecule has 4 aromatic rings. The minimum absolute atomic E-state index is 0.208. The van der Waals surface area contributed by atoms with E-state index in [9.17, 15) is 14.4 Å². The van der Waals surface area contributed by atoms with Gasteiger partial charge in [0.25, 0.3) is 5.91 Å². The average molecular weight is 444 g/mol. The number of nitrogens with one attached hydrogen (secondary N) is 1. The Bertz CT molecular complexity index is 1420. The van der Waals surface area contributed by atoms with Gasteiger partial charge in [0.2, 0.25) is 0 Å². The largest absolute Gasteiger partial charge is 0.496 e. The number of benzene rings is 3. The highest BCUT2D eigenvalue weighted by molar-refractivity contribution is 5.94. The van der Waals surface area contributed by atoms with E-state index in [0.717, 1.165) is 22.4 Å². The Hall–Kier alpha value is -4.13. The highest BCUT2D eigenvalue weighted by atomic mass is 16.5. The predicted molar refractivity (Wildman–Crippen MR) is 128 cm³/mol. The lowest BCUT2D eigenvalue weighted by molar-refractivity contribution is 0.0950. The van der Waals surface area contributed by atoms with Gasteiger partial charge in [0.1, 0.15) is 5.75 Å². The first-order valence-electron chi connectivity index (χ1n) is 10.7. The fraction of sp³-hybridized carbons (Fsp3) is 0.192. The van der Waals surface area contributed by atoms with Crippen LogP contribution in [0.3, 0.4) is 0 Å². The molecule has 0 aliphatic heterocycles. The molecular formula is C26H25N3O4. The van der Waals surface area contributed by atoms with E-state index in [1.165, 1.54) is 9.13 Å². The number of hydrogen-bond acceptors (Lipinski definition) is 4. The summed E-state index contributed by atoms with van der Waals surface area (Å²) in [6, 6.07) is 21.9. The fourth-order valence-corrected chi connectivity index (χ4v) is 3.91. The number of rotatable bonds is 7. The summed E-state index contributed by atoms with van der Waals surface area (Å²) in [5.41, 5.74) is 2.53. The number of carbonyl (C=O) groups is 1. The normalized spacial score (nSPS) is 10.8. The molecule has 0 aliphatic carbocycles. The molecule has 7 heteroatoms. The maximum atomic E-state index is 12.8. The molecule has 4 rings (SSSR count). The second-order valence-corrected chi connectivity index (χ2v) is 7.62. The standard InChI is InChI=1S/C26H25N3O4/c1-3-28-21-9-5-6-10-22(21)29(26(32)25(28)31)17-18-12-14-19(15-13-18)24(30)27-16-20-8-4-7-11-23(20)33-2/h4-15H,3,16-17H2,1-2H3,(H,27,30). The van der Waals surface area contributed by atoms with Crippen LogP contribution in [0, 0.1) is 0 Å². The molecule has 7 nitrogen and oxygen atoms in total. The van der Waals surface area contributed by atoms with Crippen molar-refractivity contribution in [1.82, 2.24) is 14.5 Å². The van der Waals surface area contributed by atoms with Crippen LogP contribution in [0.1, 0.15) is 28.4 Å². The zero-order chi connectivity index (χ0) is 23.4. The van der Waals surface area contributed by atoms with Gasteiger partial charge in [-0.25, -0.2) is 0 Å². The first-order valence-corrected chi connectivity index (χ1v) is 10.7. The summed E-state index contributed by atoms with van der Waals surface area (Å²) in [6.45, 7) is 2.85. The number of ether oxygens (including phenoxy) is 1. The highest BCUT2D eigenvalue weighted by Gasteiger charge is 2.13. The average Bonchev–Trinajstić information content (AvgIpc) is 2.86. The summed E-state index contributed by atoms with van der Waals surface area (Å²) in [5.74, 6) is 0.511. The van der Waals surface area contributed by atoms with Crippen molar-refractivity contribution in [1.29, 1.82) is 0 Å². The first kappa shape index (κ1) is 22.1. The molecule has 0 fully saturated rings. The third kappa shape index (κ3) is 4.43. The van der Waals surface area contributed by atoms with Gasteiger partial charge in [-0.2, -0.15) is 0 Å². The molecule has 1 N–H and O–H groups in total. The predicted octanol–water partition coefficient (Wildman–Crippen LogP) is 3.17. The number of hydrogen-bond donors (Lipinski definition) is 1. The summed E-state index contributed by atoms with van der Waals surface area (Å²) >= 11 is 0. The van der Waals surface area contributed by atoms with Crippen molar-refractivity contribution < 1.29 is 9.53 Å². The Labute approximate surface area is 190 Å². The van der Waals surface area contributed by atoms with Gasteiger partial charge in [-0.15, -0.1) is 0 Å². The van der Waals surface area contributed by atoms with E-state index in [2.05, 4.69) is 5.32 Å². The number of amides is 1. The van der Waals surface area contributed by atoms with Crippen molar-refractivity contribution in [3.05, 3.63) is 110 Å². The Balaban J connectivity index is 1.54. The van der Waals surface area contributed by atoms with Crippen LogP contribution in [0.25, 0.3) is 11.0 Å². The van der Waals surface area contributed by atoms with Gasteiger partial charge < -0.3 is 14.6 Å². The van der Waals surface area contributed by atoms with Gasteiger partial charge in [0, 0.05) is 24.2 Å². The van der Waals surface area contributed by atoms with Gasteiger partial charge in [-0.1, -0.05) is 42.5 Å². The van der Waals surface area contributed by atoms with Crippen LogP contribution in [0.2, 0.25) is 0 Å². The molecule has 1 amide bonds. The first-order chi connectivity index (χ1) is 16.0. The number of para-hydroxylation sites is 3. The summed E-state index contributed by atoms with van der Waals surface area (Å²) in [4.78, 5) is 37.9. The number of aromatic nitrogens is 2. The van der Waals surface area contributed by atoms with Crippen LogP contribution in [-0.2, 0) is 19.6 Å². The zero-order valence-electron chi connectivity index (χ0n) is 18.6. The van der Waals surface area contributed by atoms with Crippen LogP contribution in [-0.4, -0.2) is 22.2 Å². The van der Waals surface area contributed by atoms with Crippen LogP contribution in [0.15, 0.2) is 82.4 Å². The van der Waals surface area contributed by atoms with Crippen LogP contribution in [0.4, 0.5) is 0 Å². The lowest BCUT2D eigenvalue weighted by Crippen LogP contribution is -2.41. The minimum atomic E-state index is -0.561. The van der Waals surface area contributed by atoms with Gasteiger partial charge in [0.05, 0.1) is 24.7 Å². The molecule has 3 aromatic carbocycles. The zero-order valence-corrected chi connectivity index (χ0v) is 18.6. The van der Waals surface area contributed by atoms with E-state index in [4.69, 9.17) is 4.74 Å². The number of methoxy groups -OCH3 is 1. The van der Waals surface area contributed by atoms with E-state index in [-0.39, 0.29) is 12.5 Å². The van der Waals surface area contributed by atoms with Crippen molar-refractivity contribution in [2.75, 3.05) is 7.11 Å². The third-order valence-corrected chi connectivity index (χ3v) is 5.64. The van der Waals surface area contributed by atoms with Crippen molar-refractivity contribution in [2.45, 2.75) is 26.6 Å². The fourth-order valence-electron chi connectivity index (χ4n) is 3.91. The number of nitrogens with zero attached hydrogens (tertiary/aromatic N) is 2. The molecular weight excluding hydrogens is 418 g/mol. The topological polar surface area (TPSA) is 82.3 Å². The van der Waals surface area contributed by atoms with Gasteiger partial charge >= 0.3 is 11.1 Å². The Morgan fingerprint density at radius 2 is 1.45 bits per heavy atom. The summed E-state index contributed by atoms with van der Waals surface area (Å²) in [5, 5.41) is 2.89. The maximum Gasteiger partial charge on any atom is 0.317 e. The van der Waals surface area contributed by atoms with E-state index in [0.29, 0.717) is 24.2 Å². The molecule has 1 heterocycles. The van der Waals surface area contributed by atoms with Crippen LogP contribution >= 0.6 is 0 Å². The molecule has 0 bridgehead atoms.